The van der Waals surface area contributed by atoms with Crippen molar-refractivity contribution in [1.82, 2.24) is 9.55 Å². The third-order valence-corrected chi connectivity index (χ3v) is 5.15. The molecule has 0 unspecified atom stereocenters. The number of hydrogen-bond donors (Lipinski definition) is 1. The summed E-state index contributed by atoms with van der Waals surface area (Å²) in [4.78, 5) is 4.54. The fourth-order valence-corrected chi connectivity index (χ4v) is 3.79. The standard InChI is InChI=1S/C17H19N3O3S/c1-12(2)20-11-16(15-5-4-10-18-17(15)20)24(21,22)19-13-6-8-14(23-3)9-7-13/h4-12,19H,1-3H3. The van der Waals surface area contributed by atoms with Gasteiger partial charge >= 0.3 is 0 Å². The highest BCUT2D eigenvalue weighted by atomic mass is 32.2. The van der Waals surface area contributed by atoms with Gasteiger partial charge in [0.15, 0.2) is 0 Å². The number of ether oxygens (including phenoxy) is 1. The van der Waals surface area contributed by atoms with E-state index >= 15 is 0 Å². The summed E-state index contributed by atoms with van der Waals surface area (Å²) >= 11 is 0. The van der Waals surface area contributed by atoms with Gasteiger partial charge < -0.3 is 9.30 Å². The minimum Gasteiger partial charge on any atom is -0.497 e. The quantitative estimate of drug-likeness (QED) is 0.769. The van der Waals surface area contributed by atoms with Crippen LogP contribution in [0, 0.1) is 0 Å². The zero-order valence-electron chi connectivity index (χ0n) is 13.7. The number of benzene rings is 1. The number of rotatable bonds is 5. The molecule has 0 amide bonds. The molecule has 2 heterocycles. The van der Waals surface area contributed by atoms with Crippen molar-refractivity contribution in [2.45, 2.75) is 24.8 Å². The molecule has 0 aliphatic heterocycles. The number of methoxy groups -OCH3 is 1. The van der Waals surface area contributed by atoms with Gasteiger partial charge in [-0.25, -0.2) is 13.4 Å². The van der Waals surface area contributed by atoms with Crippen LogP contribution in [0.25, 0.3) is 11.0 Å². The van der Waals surface area contributed by atoms with E-state index < -0.39 is 10.0 Å². The van der Waals surface area contributed by atoms with Gasteiger partial charge in [0.1, 0.15) is 16.3 Å². The number of nitrogens with zero attached hydrogens (tertiary/aromatic N) is 2. The first-order valence-electron chi connectivity index (χ1n) is 7.55. The van der Waals surface area contributed by atoms with Crippen molar-refractivity contribution in [2.24, 2.45) is 0 Å². The van der Waals surface area contributed by atoms with Gasteiger partial charge in [-0.3, -0.25) is 4.72 Å². The molecule has 2 aromatic heterocycles. The van der Waals surface area contributed by atoms with Crippen molar-refractivity contribution in [3.05, 3.63) is 48.8 Å². The largest absolute Gasteiger partial charge is 0.497 e. The summed E-state index contributed by atoms with van der Waals surface area (Å²) < 4.78 is 35.2. The summed E-state index contributed by atoms with van der Waals surface area (Å²) in [5.41, 5.74) is 1.13. The zero-order chi connectivity index (χ0) is 17.3. The molecule has 7 heteroatoms. The molecule has 126 valence electrons. The normalized spacial score (nSPS) is 11.8. The highest BCUT2D eigenvalue weighted by Crippen LogP contribution is 2.28. The molecule has 24 heavy (non-hydrogen) atoms. The average molecular weight is 345 g/mol. The summed E-state index contributed by atoms with van der Waals surface area (Å²) in [6.45, 7) is 3.98. The van der Waals surface area contributed by atoms with Crippen molar-refractivity contribution in [2.75, 3.05) is 11.8 Å². The van der Waals surface area contributed by atoms with Gasteiger partial charge in [-0.15, -0.1) is 0 Å². The zero-order valence-corrected chi connectivity index (χ0v) is 14.5. The Labute approximate surface area is 141 Å². The maximum absolute atomic E-state index is 12.8. The molecule has 3 rings (SSSR count). The topological polar surface area (TPSA) is 73.2 Å². The summed E-state index contributed by atoms with van der Waals surface area (Å²) in [5, 5.41) is 0.604. The molecule has 0 aliphatic rings. The molecule has 0 saturated heterocycles. The summed E-state index contributed by atoms with van der Waals surface area (Å²) in [6, 6.07) is 10.3. The Kier molecular flexibility index (Phi) is 4.19. The van der Waals surface area contributed by atoms with Crippen molar-refractivity contribution < 1.29 is 13.2 Å². The van der Waals surface area contributed by atoms with Gasteiger partial charge in [0, 0.05) is 29.5 Å². The highest BCUT2D eigenvalue weighted by Gasteiger charge is 2.22. The second-order valence-electron chi connectivity index (χ2n) is 5.70. The first kappa shape index (κ1) is 16.3. The molecule has 6 nitrogen and oxygen atoms in total. The smallest absolute Gasteiger partial charge is 0.264 e. The average Bonchev–Trinajstić information content (AvgIpc) is 2.96. The van der Waals surface area contributed by atoms with Crippen LogP contribution in [0.4, 0.5) is 5.69 Å². The van der Waals surface area contributed by atoms with Crippen LogP contribution < -0.4 is 9.46 Å². The minimum atomic E-state index is -3.72. The first-order valence-corrected chi connectivity index (χ1v) is 9.03. The van der Waals surface area contributed by atoms with Crippen molar-refractivity contribution in [3.63, 3.8) is 0 Å². The molecule has 1 aromatic carbocycles. The fourth-order valence-electron chi connectivity index (χ4n) is 2.53. The van der Waals surface area contributed by atoms with Gasteiger partial charge in [0.2, 0.25) is 0 Å². The van der Waals surface area contributed by atoms with Crippen molar-refractivity contribution >= 4 is 26.7 Å². The number of sulfonamides is 1. The lowest BCUT2D eigenvalue weighted by Crippen LogP contribution is -2.12. The van der Waals surface area contributed by atoms with Gasteiger partial charge in [0.25, 0.3) is 10.0 Å². The van der Waals surface area contributed by atoms with E-state index in [2.05, 4.69) is 9.71 Å². The Bertz CT molecular complexity index is 960. The molecule has 0 atom stereocenters. The minimum absolute atomic E-state index is 0.104. The Balaban J connectivity index is 2.04. The molecule has 0 fully saturated rings. The van der Waals surface area contributed by atoms with Gasteiger partial charge in [0.05, 0.1) is 7.11 Å². The maximum atomic E-state index is 12.8. The van der Waals surface area contributed by atoms with Crippen LogP contribution in [0.5, 0.6) is 5.75 Å². The lowest BCUT2D eigenvalue weighted by atomic mass is 10.3. The van der Waals surface area contributed by atoms with Crippen LogP contribution in [-0.4, -0.2) is 25.1 Å². The maximum Gasteiger partial charge on any atom is 0.264 e. The summed E-state index contributed by atoms with van der Waals surface area (Å²) in [5.74, 6) is 0.665. The molecule has 0 saturated carbocycles. The first-order chi connectivity index (χ1) is 11.4. The molecule has 0 radical (unpaired) electrons. The molecular weight excluding hydrogens is 326 g/mol. The van der Waals surface area contributed by atoms with E-state index in [4.69, 9.17) is 4.74 Å². The van der Waals surface area contributed by atoms with E-state index in [1.165, 1.54) is 0 Å². The third kappa shape index (κ3) is 2.94. The Morgan fingerprint density at radius 1 is 1.17 bits per heavy atom. The number of fused-ring (bicyclic) bond motifs is 1. The van der Waals surface area contributed by atoms with Crippen molar-refractivity contribution in [1.29, 1.82) is 0 Å². The van der Waals surface area contributed by atoms with Crippen LogP contribution in [0.1, 0.15) is 19.9 Å². The van der Waals surface area contributed by atoms with Crippen molar-refractivity contribution in [3.8, 4) is 5.75 Å². The molecule has 1 N–H and O–H groups in total. The van der Waals surface area contributed by atoms with E-state index in [0.717, 1.165) is 0 Å². The Morgan fingerprint density at radius 2 is 1.88 bits per heavy atom. The number of aromatic nitrogens is 2. The van der Waals surface area contributed by atoms with Gasteiger partial charge in [-0.05, 0) is 50.2 Å². The predicted molar refractivity (Wildman–Crippen MR) is 93.9 cm³/mol. The van der Waals surface area contributed by atoms with E-state index in [-0.39, 0.29) is 10.9 Å². The van der Waals surface area contributed by atoms with Crippen LogP contribution in [0.15, 0.2) is 53.7 Å². The monoisotopic (exact) mass is 345 g/mol. The molecule has 0 bridgehead atoms. The van der Waals surface area contributed by atoms with Crippen LogP contribution in [-0.2, 0) is 10.0 Å². The third-order valence-electron chi connectivity index (χ3n) is 3.74. The summed E-state index contributed by atoms with van der Waals surface area (Å²) in [6.07, 6.45) is 3.29. The lowest BCUT2D eigenvalue weighted by molar-refractivity contribution is 0.415. The highest BCUT2D eigenvalue weighted by molar-refractivity contribution is 7.93. The second-order valence-corrected chi connectivity index (χ2v) is 7.35. The van der Waals surface area contributed by atoms with E-state index in [9.17, 15) is 8.42 Å². The lowest BCUT2D eigenvalue weighted by Gasteiger charge is -2.08. The molecular formula is C17H19N3O3S. The number of anilines is 1. The van der Waals surface area contributed by atoms with Gasteiger partial charge in [-0.1, -0.05) is 0 Å². The van der Waals surface area contributed by atoms with Crippen LogP contribution >= 0.6 is 0 Å². The number of nitrogens with one attached hydrogen (secondary N) is 1. The second kappa shape index (κ2) is 6.16. The molecule has 3 aromatic rings. The van der Waals surface area contributed by atoms with Gasteiger partial charge in [-0.2, -0.15) is 0 Å². The molecule has 0 aliphatic carbocycles. The number of hydrogen-bond acceptors (Lipinski definition) is 4. The van der Waals surface area contributed by atoms with E-state index in [0.29, 0.717) is 22.5 Å². The van der Waals surface area contributed by atoms with E-state index in [1.54, 1.807) is 55.9 Å². The molecule has 0 spiro atoms. The van der Waals surface area contributed by atoms with Crippen LogP contribution in [0.3, 0.4) is 0 Å². The van der Waals surface area contributed by atoms with Crippen LogP contribution in [0.2, 0.25) is 0 Å². The Morgan fingerprint density at radius 3 is 2.50 bits per heavy atom. The van der Waals surface area contributed by atoms with E-state index in [1.807, 2.05) is 18.4 Å². The SMILES string of the molecule is COc1ccc(NS(=O)(=O)c2cn(C(C)C)c3ncccc23)cc1. The number of pyridine rings is 1. The Hall–Kier alpha value is -2.54. The predicted octanol–water partition coefficient (Wildman–Crippen LogP) is 3.43. The summed E-state index contributed by atoms with van der Waals surface area (Å²) in [7, 11) is -2.16. The fraction of sp³-hybridized carbons (Fsp3) is 0.235.